The molecular weight excluding hydrogens is 392 g/mol. The molecule has 0 amide bonds. The van der Waals surface area contributed by atoms with E-state index in [0.29, 0.717) is 12.1 Å². The van der Waals surface area contributed by atoms with E-state index in [4.69, 9.17) is 9.72 Å². The summed E-state index contributed by atoms with van der Waals surface area (Å²) in [7, 11) is 1.64. The highest BCUT2D eigenvalue weighted by atomic mass is 32.1. The molecular formula is C21H18N2O3S2. The van der Waals surface area contributed by atoms with Gasteiger partial charge in [0.05, 0.1) is 30.6 Å². The van der Waals surface area contributed by atoms with Crippen molar-refractivity contribution in [3.05, 3.63) is 69.4 Å². The minimum absolute atomic E-state index is 0.311. The maximum Gasteiger partial charge on any atom is 0.337 e. The highest BCUT2D eigenvalue weighted by Crippen LogP contribution is 2.33. The Balaban J connectivity index is 1.75. The minimum atomic E-state index is -0.922. The Labute approximate surface area is 170 Å². The molecule has 0 aliphatic carbocycles. The molecule has 0 spiro atoms. The fourth-order valence-corrected chi connectivity index (χ4v) is 4.61. The Bertz CT molecular complexity index is 1110. The number of hydrogen-bond acceptors (Lipinski definition) is 5. The second-order valence-electron chi connectivity index (χ2n) is 6.27. The first-order chi connectivity index (χ1) is 13.6. The summed E-state index contributed by atoms with van der Waals surface area (Å²) < 4.78 is 7.24. The van der Waals surface area contributed by atoms with Gasteiger partial charge in [-0.25, -0.2) is 9.78 Å². The standard InChI is InChI=1S/C21H18N2O3S2/c1-13-17(21(24)25)10-19(23(13)11-16-4-3-9-27-16)18-12-28-20(22-18)14-5-7-15(26-2)8-6-14/h3-10,12H,11H2,1-2H3,(H,24,25). The van der Waals surface area contributed by atoms with E-state index in [1.54, 1.807) is 35.8 Å². The van der Waals surface area contributed by atoms with E-state index in [1.165, 1.54) is 4.88 Å². The van der Waals surface area contributed by atoms with Crippen LogP contribution in [0.4, 0.5) is 0 Å². The number of carbonyl (C=O) groups is 1. The molecule has 7 heteroatoms. The summed E-state index contributed by atoms with van der Waals surface area (Å²) in [6, 6.07) is 13.5. The zero-order valence-corrected chi connectivity index (χ0v) is 17.0. The Kier molecular flexibility index (Phi) is 5.02. The maximum absolute atomic E-state index is 11.7. The number of benzene rings is 1. The molecule has 0 saturated carbocycles. The Hall–Kier alpha value is -2.90. The van der Waals surface area contributed by atoms with Crippen molar-refractivity contribution in [1.82, 2.24) is 9.55 Å². The van der Waals surface area contributed by atoms with Gasteiger partial charge in [0.15, 0.2) is 0 Å². The predicted octanol–water partition coefficient (Wildman–Crippen LogP) is 5.40. The van der Waals surface area contributed by atoms with E-state index in [-0.39, 0.29) is 0 Å². The van der Waals surface area contributed by atoms with Crippen molar-refractivity contribution >= 4 is 28.6 Å². The smallest absolute Gasteiger partial charge is 0.337 e. The molecule has 4 aromatic rings. The van der Waals surface area contributed by atoms with E-state index < -0.39 is 5.97 Å². The van der Waals surface area contributed by atoms with Crippen molar-refractivity contribution in [3.8, 4) is 27.7 Å². The number of nitrogens with zero attached hydrogens (tertiary/aromatic N) is 2. The molecule has 3 aromatic heterocycles. The quantitative estimate of drug-likeness (QED) is 0.462. The first-order valence-electron chi connectivity index (χ1n) is 8.63. The van der Waals surface area contributed by atoms with Crippen molar-refractivity contribution in [2.75, 3.05) is 7.11 Å². The van der Waals surface area contributed by atoms with E-state index in [1.807, 2.05) is 52.6 Å². The van der Waals surface area contributed by atoms with E-state index in [0.717, 1.165) is 33.4 Å². The molecule has 0 atom stereocenters. The molecule has 1 aromatic carbocycles. The van der Waals surface area contributed by atoms with Crippen molar-refractivity contribution in [1.29, 1.82) is 0 Å². The van der Waals surface area contributed by atoms with E-state index >= 15 is 0 Å². The fraction of sp³-hybridized carbons (Fsp3) is 0.143. The molecule has 0 saturated heterocycles. The van der Waals surface area contributed by atoms with Crippen LogP contribution in [0.2, 0.25) is 0 Å². The van der Waals surface area contributed by atoms with Gasteiger partial charge in [-0.05, 0) is 48.7 Å². The summed E-state index contributed by atoms with van der Waals surface area (Å²) in [5.41, 5.74) is 3.64. The summed E-state index contributed by atoms with van der Waals surface area (Å²) in [5.74, 6) is -0.124. The molecule has 5 nitrogen and oxygen atoms in total. The topological polar surface area (TPSA) is 64.3 Å². The number of aromatic carboxylic acids is 1. The normalized spacial score (nSPS) is 10.9. The Morgan fingerprint density at radius 2 is 2.00 bits per heavy atom. The van der Waals surface area contributed by atoms with E-state index in [9.17, 15) is 9.90 Å². The minimum Gasteiger partial charge on any atom is -0.497 e. The van der Waals surface area contributed by atoms with Crippen molar-refractivity contribution < 1.29 is 14.6 Å². The number of hydrogen-bond donors (Lipinski definition) is 1. The third-order valence-corrected chi connectivity index (χ3v) is 6.35. The van der Waals surface area contributed by atoms with Crippen LogP contribution >= 0.6 is 22.7 Å². The molecule has 0 unspecified atom stereocenters. The van der Waals surface area contributed by atoms with Gasteiger partial charge in [0.1, 0.15) is 10.8 Å². The van der Waals surface area contributed by atoms with Crippen LogP contribution in [0.5, 0.6) is 5.75 Å². The van der Waals surface area contributed by atoms with Gasteiger partial charge in [0, 0.05) is 21.5 Å². The SMILES string of the molecule is COc1ccc(-c2nc(-c3cc(C(=O)O)c(C)n3Cc3cccs3)cs2)cc1. The lowest BCUT2D eigenvalue weighted by Crippen LogP contribution is -2.05. The zero-order valence-electron chi connectivity index (χ0n) is 15.4. The zero-order chi connectivity index (χ0) is 19.7. The lowest BCUT2D eigenvalue weighted by molar-refractivity contribution is 0.0696. The number of ether oxygens (including phenoxy) is 1. The molecule has 1 N–H and O–H groups in total. The van der Waals surface area contributed by atoms with Crippen LogP contribution in [-0.4, -0.2) is 27.7 Å². The summed E-state index contributed by atoms with van der Waals surface area (Å²) in [5, 5.41) is 14.5. The monoisotopic (exact) mass is 410 g/mol. The number of carboxylic acids is 1. The molecule has 0 bridgehead atoms. The number of carboxylic acid groups (broad SMARTS) is 1. The first kappa shape index (κ1) is 18.5. The van der Waals surface area contributed by atoms with Gasteiger partial charge >= 0.3 is 5.97 Å². The molecule has 3 heterocycles. The summed E-state index contributed by atoms with van der Waals surface area (Å²) in [6.45, 7) is 2.47. The average molecular weight is 411 g/mol. The largest absolute Gasteiger partial charge is 0.497 e. The molecule has 4 rings (SSSR count). The molecule has 0 aliphatic heterocycles. The van der Waals surface area contributed by atoms with Crippen molar-refractivity contribution in [2.24, 2.45) is 0 Å². The highest BCUT2D eigenvalue weighted by Gasteiger charge is 2.20. The van der Waals surface area contributed by atoms with Crippen LogP contribution in [0, 0.1) is 6.92 Å². The fourth-order valence-electron chi connectivity index (χ4n) is 3.09. The van der Waals surface area contributed by atoms with Crippen LogP contribution < -0.4 is 4.74 Å². The second-order valence-corrected chi connectivity index (χ2v) is 8.16. The summed E-state index contributed by atoms with van der Waals surface area (Å²) in [4.78, 5) is 17.6. The number of thiophene rings is 1. The van der Waals surface area contributed by atoms with Gasteiger partial charge in [-0.3, -0.25) is 0 Å². The number of thiazole rings is 1. The molecule has 0 fully saturated rings. The molecule has 28 heavy (non-hydrogen) atoms. The third kappa shape index (κ3) is 3.46. The van der Waals surface area contributed by atoms with Gasteiger partial charge in [-0.2, -0.15) is 0 Å². The van der Waals surface area contributed by atoms with Gasteiger partial charge < -0.3 is 14.4 Å². The molecule has 0 aliphatic rings. The number of methoxy groups -OCH3 is 1. The Morgan fingerprint density at radius 1 is 1.21 bits per heavy atom. The predicted molar refractivity (Wildman–Crippen MR) is 113 cm³/mol. The highest BCUT2D eigenvalue weighted by molar-refractivity contribution is 7.13. The number of rotatable bonds is 6. The van der Waals surface area contributed by atoms with Crippen LogP contribution in [0.3, 0.4) is 0 Å². The molecule has 142 valence electrons. The Morgan fingerprint density at radius 3 is 2.64 bits per heavy atom. The van der Waals surface area contributed by atoms with Crippen LogP contribution in [0.1, 0.15) is 20.9 Å². The van der Waals surface area contributed by atoms with E-state index in [2.05, 4.69) is 6.07 Å². The lowest BCUT2D eigenvalue weighted by atomic mass is 10.2. The van der Waals surface area contributed by atoms with Crippen LogP contribution in [-0.2, 0) is 6.54 Å². The van der Waals surface area contributed by atoms with Gasteiger partial charge in [0.25, 0.3) is 0 Å². The first-order valence-corrected chi connectivity index (χ1v) is 10.4. The summed E-state index contributed by atoms with van der Waals surface area (Å²) >= 11 is 3.20. The average Bonchev–Trinajstić information content (AvgIpc) is 3.44. The second kappa shape index (κ2) is 7.61. The van der Waals surface area contributed by atoms with Crippen molar-refractivity contribution in [2.45, 2.75) is 13.5 Å². The maximum atomic E-state index is 11.7. The van der Waals surface area contributed by atoms with Gasteiger partial charge in [0.2, 0.25) is 0 Å². The van der Waals surface area contributed by atoms with Gasteiger partial charge in [-0.1, -0.05) is 6.07 Å². The van der Waals surface area contributed by atoms with Crippen LogP contribution in [0.15, 0.2) is 53.2 Å². The summed E-state index contributed by atoms with van der Waals surface area (Å²) in [6.07, 6.45) is 0. The van der Waals surface area contributed by atoms with Gasteiger partial charge in [-0.15, -0.1) is 22.7 Å². The van der Waals surface area contributed by atoms with Crippen LogP contribution in [0.25, 0.3) is 22.0 Å². The lowest BCUT2D eigenvalue weighted by Gasteiger charge is -2.09. The van der Waals surface area contributed by atoms with Crippen molar-refractivity contribution in [3.63, 3.8) is 0 Å². The molecule has 0 radical (unpaired) electrons. The third-order valence-electron chi connectivity index (χ3n) is 4.59. The number of aromatic nitrogens is 2.